The first kappa shape index (κ1) is 15.7. The molecule has 0 unspecified atom stereocenters. The molecule has 3 amide bonds. The monoisotopic (exact) mass is 332 g/mol. The molecule has 3 rings (SSSR count). The molecule has 1 aliphatic heterocycles. The molecule has 0 spiro atoms. The maximum absolute atomic E-state index is 12.4. The van der Waals surface area contributed by atoms with Crippen molar-refractivity contribution in [1.82, 2.24) is 4.90 Å². The second-order valence-electron chi connectivity index (χ2n) is 5.93. The van der Waals surface area contributed by atoms with E-state index in [1.165, 1.54) is 0 Å². The number of para-hydroxylation sites is 1. The average Bonchev–Trinajstić information content (AvgIpc) is 2.74. The van der Waals surface area contributed by atoms with Crippen LogP contribution < -0.4 is 5.32 Å². The van der Waals surface area contributed by atoms with Crippen LogP contribution in [0.15, 0.2) is 35.4 Å². The predicted octanol–water partition coefficient (Wildman–Crippen LogP) is 2.45. The fraction of sp³-hybridized carbons (Fsp3) is 0.353. The molecular weight excluding hydrogens is 316 g/mol. The Bertz CT molecular complexity index is 714. The minimum Gasteiger partial charge on any atom is -0.324 e. The van der Waals surface area contributed by atoms with Gasteiger partial charge in [0.15, 0.2) is 0 Å². The normalized spacial score (nSPS) is 23.6. The highest BCUT2D eigenvalue weighted by molar-refractivity contribution is 6.30. The second kappa shape index (κ2) is 6.16. The molecule has 2 atom stereocenters. The highest BCUT2D eigenvalue weighted by Crippen LogP contribution is 2.38. The molecule has 1 N–H and O–H groups in total. The van der Waals surface area contributed by atoms with Gasteiger partial charge in [0.1, 0.15) is 6.54 Å². The highest BCUT2D eigenvalue weighted by Gasteiger charge is 2.48. The van der Waals surface area contributed by atoms with Crippen LogP contribution in [-0.4, -0.2) is 29.2 Å². The first-order valence-electron chi connectivity index (χ1n) is 7.52. The van der Waals surface area contributed by atoms with Crippen LogP contribution in [-0.2, 0) is 14.4 Å². The van der Waals surface area contributed by atoms with Crippen molar-refractivity contribution < 1.29 is 14.4 Å². The van der Waals surface area contributed by atoms with Crippen LogP contribution in [0.5, 0.6) is 0 Å². The number of imide groups is 1. The number of carbonyl (C=O) groups is 3. The number of aryl methyl sites for hydroxylation is 1. The number of hydrogen-bond acceptors (Lipinski definition) is 3. The summed E-state index contributed by atoms with van der Waals surface area (Å²) in [6, 6.07) is 7.35. The van der Waals surface area contributed by atoms with Gasteiger partial charge in [0, 0.05) is 10.7 Å². The molecule has 1 aromatic rings. The van der Waals surface area contributed by atoms with E-state index in [0.29, 0.717) is 23.6 Å². The minimum atomic E-state index is -0.425. The summed E-state index contributed by atoms with van der Waals surface area (Å²) in [5.41, 5.74) is 1.60. The molecular formula is C17H17ClN2O3. The number of carbonyl (C=O) groups excluding carboxylic acids is 3. The summed E-state index contributed by atoms with van der Waals surface area (Å²) in [6.07, 6.45) is 2.63. The Morgan fingerprint density at radius 1 is 1.26 bits per heavy atom. The Morgan fingerprint density at radius 2 is 1.96 bits per heavy atom. The van der Waals surface area contributed by atoms with Gasteiger partial charge in [-0.15, -0.1) is 0 Å². The van der Waals surface area contributed by atoms with Crippen LogP contribution in [0.25, 0.3) is 0 Å². The predicted molar refractivity (Wildman–Crippen MR) is 86.7 cm³/mol. The molecule has 23 heavy (non-hydrogen) atoms. The van der Waals surface area contributed by atoms with Crippen molar-refractivity contribution in [3.63, 3.8) is 0 Å². The lowest BCUT2D eigenvalue weighted by Crippen LogP contribution is -2.38. The Morgan fingerprint density at radius 3 is 2.70 bits per heavy atom. The van der Waals surface area contributed by atoms with Gasteiger partial charge in [0.25, 0.3) is 0 Å². The van der Waals surface area contributed by atoms with Gasteiger partial charge >= 0.3 is 0 Å². The van der Waals surface area contributed by atoms with E-state index in [0.717, 1.165) is 10.5 Å². The van der Waals surface area contributed by atoms with E-state index in [-0.39, 0.29) is 30.2 Å². The quantitative estimate of drug-likeness (QED) is 0.865. The summed E-state index contributed by atoms with van der Waals surface area (Å²) in [6.45, 7) is 1.63. The lowest BCUT2D eigenvalue weighted by molar-refractivity contribution is -0.142. The van der Waals surface area contributed by atoms with Crippen LogP contribution >= 0.6 is 11.6 Å². The summed E-state index contributed by atoms with van der Waals surface area (Å²) in [5, 5.41) is 3.35. The molecule has 2 aliphatic rings. The van der Waals surface area contributed by atoms with Crippen LogP contribution in [0.4, 0.5) is 5.69 Å². The van der Waals surface area contributed by atoms with Crippen molar-refractivity contribution in [2.75, 3.05) is 11.9 Å². The lowest BCUT2D eigenvalue weighted by Gasteiger charge is -2.17. The summed E-state index contributed by atoms with van der Waals surface area (Å²) in [4.78, 5) is 38.0. The van der Waals surface area contributed by atoms with E-state index in [2.05, 4.69) is 5.32 Å². The number of amides is 3. The van der Waals surface area contributed by atoms with Crippen LogP contribution in [0.1, 0.15) is 18.4 Å². The van der Waals surface area contributed by atoms with Crippen molar-refractivity contribution in [3.05, 3.63) is 40.9 Å². The third-order valence-electron chi connectivity index (χ3n) is 4.38. The number of hydrogen-bond donors (Lipinski definition) is 1. The molecule has 0 radical (unpaired) electrons. The zero-order valence-electron chi connectivity index (χ0n) is 12.7. The van der Waals surface area contributed by atoms with Gasteiger partial charge in [-0.25, -0.2) is 0 Å². The van der Waals surface area contributed by atoms with Crippen LogP contribution in [0.3, 0.4) is 0 Å². The molecule has 6 heteroatoms. The zero-order valence-corrected chi connectivity index (χ0v) is 13.5. The number of likely N-dealkylation sites (tertiary alicyclic amines) is 1. The van der Waals surface area contributed by atoms with E-state index in [9.17, 15) is 14.4 Å². The Balaban J connectivity index is 1.69. The molecule has 1 saturated heterocycles. The maximum atomic E-state index is 12.4. The van der Waals surface area contributed by atoms with Gasteiger partial charge in [0.05, 0.1) is 11.8 Å². The first-order valence-corrected chi connectivity index (χ1v) is 7.90. The van der Waals surface area contributed by atoms with Crippen molar-refractivity contribution >= 4 is 35.0 Å². The number of anilines is 1. The lowest BCUT2D eigenvalue weighted by atomic mass is 9.85. The number of allylic oxidation sites excluding steroid dienone is 2. The number of nitrogens with zero attached hydrogens (tertiary/aromatic N) is 1. The number of rotatable bonds is 3. The van der Waals surface area contributed by atoms with Gasteiger partial charge < -0.3 is 5.32 Å². The molecule has 5 nitrogen and oxygen atoms in total. The summed E-state index contributed by atoms with van der Waals surface area (Å²) < 4.78 is 0. The van der Waals surface area contributed by atoms with E-state index in [1.807, 2.05) is 25.1 Å². The van der Waals surface area contributed by atoms with E-state index in [1.54, 1.807) is 12.1 Å². The fourth-order valence-electron chi connectivity index (χ4n) is 3.10. The SMILES string of the molecule is Cc1ccccc1NC(=O)CN1C(=O)[C@H]2CC(Cl)=CC[C@H]2C1=O. The molecule has 1 aliphatic carbocycles. The van der Waals surface area contributed by atoms with Crippen LogP contribution in [0, 0.1) is 18.8 Å². The Labute approximate surface area is 139 Å². The fourth-order valence-corrected chi connectivity index (χ4v) is 3.35. The topological polar surface area (TPSA) is 66.5 Å². The standard InChI is InChI=1S/C17H17ClN2O3/c1-10-4-2-3-5-14(10)19-15(21)9-20-16(22)12-7-6-11(18)8-13(12)17(20)23/h2-6,12-13H,7-9H2,1H3,(H,19,21)/t12-,13+/m1/s1. The summed E-state index contributed by atoms with van der Waals surface area (Å²) in [5.74, 6) is -1.76. The molecule has 1 heterocycles. The zero-order chi connectivity index (χ0) is 16.6. The Kier molecular flexibility index (Phi) is 4.22. The molecule has 1 aromatic carbocycles. The van der Waals surface area contributed by atoms with E-state index in [4.69, 9.17) is 11.6 Å². The van der Waals surface area contributed by atoms with Crippen molar-refractivity contribution in [2.24, 2.45) is 11.8 Å². The van der Waals surface area contributed by atoms with Crippen molar-refractivity contribution in [1.29, 1.82) is 0 Å². The van der Waals surface area contributed by atoms with Gasteiger partial charge in [-0.1, -0.05) is 35.9 Å². The van der Waals surface area contributed by atoms with Gasteiger partial charge in [0.2, 0.25) is 17.7 Å². The van der Waals surface area contributed by atoms with Gasteiger partial charge in [-0.2, -0.15) is 0 Å². The molecule has 0 bridgehead atoms. The minimum absolute atomic E-state index is 0.253. The number of nitrogens with one attached hydrogen (secondary N) is 1. The van der Waals surface area contributed by atoms with Gasteiger partial charge in [-0.3, -0.25) is 19.3 Å². The average molecular weight is 333 g/mol. The molecule has 0 aromatic heterocycles. The largest absolute Gasteiger partial charge is 0.324 e. The maximum Gasteiger partial charge on any atom is 0.244 e. The molecule has 1 fully saturated rings. The third-order valence-corrected chi connectivity index (χ3v) is 4.69. The molecule has 120 valence electrons. The second-order valence-corrected chi connectivity index (χ2v) is 6.41. The van der Waals surface area contributed by atoms with Gasteiger partial charge in [-0.05, 0) is 31.4 Å². The van der Waals surface area contributed by atoms with Crippen LogP contribution in [0.2, 0.25) is 0 Å². The Hall–Kier alpha value is -2.14. The summed E-state index contributed by atoms with van der Waals surface area (Å²) in [7, 11) is 0. The first-order chi connectivity index (χ1) is 11.0. The number of halogens is 1. The number of fused-ring (bicyclic) bond motifs is 1. The molecule has 0 saturated carbocycles. The number of benzene rings is 1. The van der Waals surface area contributed by atoms with E-state index >= 15 is 0 Å². The van der Waals surface area contributed by atoms with Crippen molar-refractivity contribution in [3.8, 4) is 0 Å². The van der Waals surface area contributed by atoms with E-state index < -0.39 is 5.92 Å². The highest BCUT2D eigenvalue weighted by atomic mass is 35.5. The van der Waals surface area contributed by atoms with Crippen molar-refractivity contribution in [2.45, 2.75) is 19.8 Å². The third kappa shape index (κ3) is 3.01. The summed E-state index contributed by atoms with van der Waals surface area (Å²) >= 11 is 5.97. The smallest absolute Gasteiger partial charge is 0.244 e.